The van der Waals surface area contributed by atoms with Gasteiger partial charge in [0.25, 0.3) is 0 Å². The van der Waals surface area contributed by atoms with Crippen LogP contribution in [0.4, 0.5) is 0 Å². The van der Waals surface area contributed by atoms with Crippen LogP contribution in [0, 0.1) is 6.92 Å². The third kappa shape index (κ3) is 2.17. The number of methoxy groups -OCH3 is 1. The van der Waals surface area contributed by atoms with Gasteiger partial charge in [0.1, 0.15) is 11.4 Å². The van der Waals surface area contributed by atoms with E-state index < -0.39 is 0 Å². The van der Waals surface area contributed by atoms with E-state index in [1.165, 1.54) is 10.9 Å². The van der Waals surface area contributed by atoms with Crippen LogP contribution in [0.15, 0.2) is 72.8 Å². The number of rotatable bonds is 2. The van der Waals surface area contributed by atoms with Gasteiger partial charge >= 0.3 is 0 Å². The van der Waals surface area contributed by atoms with E-state index >= 15 is 0 Å². The van der Waals surface area contributed by atoms with Crippen molar-refractivity contribution in [2.45, 2.75) is 6.92 Å². The molecular formula is C23H18N2O. The van der Waals surface area contributed by atoms with Crippen molar-refractivity contribution in [2.75, 3.05) is 7.11 Å². The lowest BCUT2D eigenvalue weighted by molar-refractivity contribution is 0.415. The predicted octanol–water partition coefficient (Wildman–Crippen LogP) is 5.62. The molecule has 0 bridgehead atoms. The first-order chi connectivity index (χ1) is 12.7. The smallest absolute Gasteiger partial charge is 0.146 e. The predicted molar refractivity (Wildman–Crippen MR) is 107 cm³/mol. The van der Waals surface area contributed by atoms with Crippen LogP contribution in [0.5, 0.6) is 5.75 Å². The molecule has 0 unspecified atom stereocenters. The molecule has 0 N–H and O–H groups in total. The second-order valence-corrected chi connectivity index (χ2v) is 6.61. The standard InChI is InChI=1S/C23H18N2O/c1-15-10-11-20-22(12-15)25-21(17-7-5-8-18(13-17)26-2)14-16-6-3-4-9-19(16)23(25)24-20/h3-14H,1-2H3. The average Bonchev–Trinajstić information content (AvgIpc) is 3.06. The summed E-state index contributed by atoms with van der Waals surface area (Å²) in [5.74, 6) is 0.851. The zero-order chi connectivity index (χ0) is 17.7. The number of imidazole rings is 1. The molecule has 0 spiro atoms. The number of aryl methyl sites for hydroxylation is 1. The number of benzene rings is 3. The van der Waals surface area contributed by atoms with E-state index in [0.717, 1.165) is 39.1 Å². The van der Waals surface area contributed by atoms with Crippen molar-refractivity contribution < 1.29 is 4.74 Å². The minimum absolute atomic E-state index is 0.851. The highest BCUT2D eigenvalue weighted by Gasteiger charge is 2.14. The van der Waals surface area contributed by atoms with Gasteiger partial charge in [-0.2, -0.15) is 0 Å². The molecule has 0 atom stereocenters. The number of fused-ring (bicyclic) bond motifs is 5. The molecule has 26 heavy (non-hydrogen) atoms. The van der Waals surface area contributed by atoms with Crippen LogP contribution in [-0.2, 0) is 0 Å². The molecule has 5 aromatic rings. The van der Waals surface area contributed by atoms with Crippen molar-refractivity contribution in [1.82, 2.24) is 9.38 Å². The summed E-state index contributed by atoms with van der Waals surface area (Å²) in [7, 11) is 1.70. The topological polar surface area (TPSA) is 26.5 Å². The summed E-state index contributed by atoms with van der Waals surface area (Å²) in [6, 6.07) is 25.3. The van der Waals surface area contributed by atoms with Crippen molar-refractivity contribution in [3.8, 4) is 17.0 Å². The zero-order valence-corrected chi connectivity index (χ0v) is 14.7. The fraction of sp³-hybridized carbons (Fsp3) is 0.0870. The fourth-order valence-corrected chi connectivity index (χ4v) is 3.64. The first kappa shape index (κ1) is 15.0. The molecule has 2 heterocycles. The minimum Gasteiger partial charge on any atom is -0.497 e. The van der Waals surface area contributed by atoms with Crippen molar-refractivity contribution >= 4 is 27.5 Å². The fourth-order valence-electron chi connectivity index (χ4n) is 3.64. The van der Waals surface area contributed by atoms with Gasteiger partial charge < -0.3 is 4.74 Å². The molecule has 3 aromatic carbocycles. The van der Waals surface area contributed by atoms with Crippen LogP contribution >= 0.6 is 0 Å². The Labute approximate surface area is 151 Å². The maximum atomic E-state index is 5.44. The van der Waals surface area contributed by atoms with E-state index in [1.807, 2.05) is 12.1 Å². The van der Waals surface area contributed by atoms with Crippen LogP contribution in [-0.4, -0.2) is 16.5 Å². The third-order valence-electron chi connectivity index (χ3n) is 4.91. The largest absolute Gasteiger partial charge is 0.497 e. The van der Waals surface area contributed by atoms with E-state index in [4.69, 9.17) is 9.72 Å². The van der Waals surface area contributed by atoms with E-state index in [2.05, 4.69) is 72.0 Å². The van der Waals surface area contributed by atoms with Crippen LogP contribution < -0.4 is 4.74 Å². The number of hydrogen-bond acceptors (Lipinski definition) is 2. The molecule has 126 valence electrons. The summed E-state index contributed by atoms with van der Waals surface area (Å²) in [5, 5.41) is 2.35. The van der Waals surface area contributed by atoms with E-state index in [0.29, 0.717) is 0 Å². The second-order valence-electron chi connectivity index (χ2n) is 6.61. The van der Waals surface area contributed by atoms with Gasteiger partial charge in [-0.3, -0.25) is 4.40 Å². The molecule has 0 aliphatic carbocycles. The monoisotopic (exact) mass is 338 g/mol. The molecule has 0 radical (unpaired) electrons. The van der Waals surface area contributed by atoms with Crippen LogP contribution in [0.25, 0.3) is 38.7 Å². The van der Waals surface area contributed by atoms with Crippen LogP contribution in [0.3, 0.4) is 0 Å². The first-order valence-corrected chi connectivity index (χ1v) is 8.69. The molecule has 3 nitrogen and oxygen atoms in total. The molecule has 0 aliphatic heterocycles. The highest BCUT2D eigenvalue weighted by Crippen LogP contribution is 2.33. The van der Waals surface area contributed by atoms with Crippen molar-refractivity contribution in [3.63, 3.8) is 0 Å². The van der Waals surface area contributed by atoms with Gasteiger partial charge in [0.05, 0.1) is 23.8 Å². The Morgan fingerprint density at radius 1 is 0.885 bits per heavy atom. The van der Waals surface area contributed by atoms with Gasteiger partial charge in [0, 0.05) is 10.9 Å². The van der Waals surface area contributed by atoms with Crippen molar-refractivity contribution in [1.29, 1.82) is 0 Å². The molecule has 0 saturated carbocycles. The summed E-state index contributed by atoms with van der Waals surface area (Å²) in [6.45, 7) is 2.12. The Morgan fingerprint density at radius 3 is 2.65 bits per heavy atom. The van der Waals surface area contributed by atoms with Crippen LogP contribution in [0.2, 0.25) is 0 Å². The summed E-state index contributed by atoms with van der Waals surface area (Å²) in [5.41, 5.74) is 6.58. The van der Waals surface area contributed by atoms with Gasteiger partial charge in [0.2, 0.25) is 0 Å². The Kier molecular flexibility index (Phi) is 3.22. The van der Waals surface area contributed by atoms with Gasteiger partial charge in [-0.05, 0) is 48.2 Å². The molecule has 2 aromatic heterocycles. The molecule has 3 heteroatoms. The Balaban J connectivity index is 1.99. The van der Waals surface area contributed by atoms with E-state index in [-0.39, 0.29) is 0 Å². The highest BCUT2D eigenvalue weighted by atomic mass is 16.5. The molecular weight excluding hydrogens is 320 g/mol. The first-order valence-electron chi connectivity index (χ1n) is 8.69. The minimum atomic E-state index is 0.851. The lowest BCUT2D eigenvalue weighted by atomic mass is 10.1. The lowest BCUT2D eigenvalue weighted by Gasteiger charge is -2.11. The van der Waals surface area contributed by atoms with Gasteiger partial charge in [-0.1, -0.05) is 42.5 Å². The van der Waals surface area contributed by atoms with Gasteiger partial charge in [-0.15, -0.1) is 0 Å². The number of aromatic nitrogens is 2. The maximum absolute atomic E-state index is 5.44. The van der Waals surface area contributed by atoms with Crippen molar-refractivity contribution in [3.05, 3.63) is 78.4 Å². The molecule has 0 fully saturated rings. The van der Waals surface area contributed by atoms with Gasteiger partial charge in [0.15, 0.2) is 0 Å². The lowest BCUT2D eigenvalue weighted by Crippen LogP contribution is -1.94. The van der Waals surface area contributed by atoms with E-state index in [1.54, 1.807) is 7.11 Å². The van der Waals surface area contributed by atoms with E-state index in [9.17, 15) is 0 Å². The summed E-state index contributed by atoms with van der Waals surface area (Å²) < 4.78 is 7.70. The Hall–Kier alpha value is -3.33. The number of hydrogen-bond donors (Lipinski definition) is 0. The quantitative estimate of drug-likeness (QED) is 0.417. The average molecular weight is 338 g/mol. The van der Waals surface area contributed by atoms with Crippen LogP contribution in [0.1, 0.15) is 5.56 Å². The summed E-state index contributed by atoms with van der Waals surface area (Å²) in [6.07, 6.45) is 0. The molecule has 0 saturated heterocycles. The Bertz CT molecular complexity index is 1280. The number of pyridine rings is 1. The molecule has 0 aliphatic rings. The molecule has 0 amide bonds. The SMILES string of the molecule is COc1cccc(-c2cc3ccccc3c3nc4ccc(C)cc4n23)c1. The summed E-state index contributed by atoms with van der Waals surface area (Å²) in [4.78, 5) is 4.94. The zero-order valence-electron chi connectivity index (χ0n) is 14.7. The third-order valence-corrected chi connectivity index (χ3v) is 4.91. The normalized spacial score (nSPS) is 11.5. The van der Waals surface area contributed by atoms with Crippen molar-refractivity contribution in [2.24, 2.45) is 0 Å². The highest BCUT2D eigenvalue weighted by molar-refractivity contribution is 6.01. The number of nitrogens with zero attached hydrogens (tertiary/aromatic N) is 2. The number of ether oxygens (including phenoxy) is 1. The summed E-state index contributed by atoms with van der Waals surface area (Å²) >= 11 is 0. The van der Waals surface area contributed by atoms with Gasteiger partial charge in [-0.25, -0.2) is 4.98 Å². The second kappa shape index (κ2) is 5.60. The molecule has 5 rings (SSSR count). The Morgan fingerprint density at radius 2 is 1.77 bits per heavy atom. The maximum Gasteiger partial charge on any atom is 0.146 e.